The van der Waals surface area contributed by atoms with Gasteiger partial charge in [0.25, 0.3) is 0 Å². The van der Waals surface area contributed by atoms with Gasteiger partial charge in [-0.15, -0.1) is 0 Å². The first-order chi connectivity index (χ1) is 40.6. The summed E-state index contributed by atoms with van der Waals surface area (Å²) in [4.78, 5) is 20.5. The van der Waals surface area contributed by atoms with Crippen molar-refractivity contribution in [2.24, 2.45) is 0 Å². The Hall–Kier alpha value is -10.4. The highest BCUT2D eigenvalue weighted by atomic mass is 19.4. The van der Waals surface area contributed by atoms with Gasteiger partial charge in [-0.05, 0) is 82.9 Å². The van der Waals surface area contributed by atoms with E-state index in [2.05, 4.69) is 6.07 Å². The van der Waals surface area contributed by atoms with Crippen LogP contribution in [0.4, 0.5) is 52.7 Å². The second kappa shape index (κ2) is 21.1. The predicted molar refractivity (Wildman–Crippen MR) is 300 cm³/mol. The first kappa shape index (κ1) is 55.1. The van der Waals surface area contributed by atoms with Crippen LogP contribution >= 0.6 is 0 Å². The van der Waals surface area contributed by atoms with Gasteiger partial charge in [0, 0.05) is 44.2 Å². The normalized spacial score (nSPS) is 12.2. The van der Waals surface area contributed by atoms with Crippen molar-refractivity contribution >= 4 is 21.8 Å². The molecule has 18 heteroatoms. The molecule has 12 aromatic rings. The molecule has 0 bridgehead atoms. The lowest BCUT2D eigenvalue weighted by molar-refractivity contribution is -0.144. The minimum absolute atomic E-state index is 0.00322. The molecule has 0 spiro atoms. The summed E-state index contributed by atoms with van der Waals surface area (Å²) in [5.74, 6) is -0.106. The molecule has 3 aromatic heterocycles. The van der Waals surface area contributed by atoms with Crippen LogP contribution < -0.4 is 0 Å². The maximum absolute atomic E-state index is 15.1. The van der Waals surface area contributed by atoms with Crippen LogP contribution in [0.15, 0.2) is 218 Å². The second-order valence-electron chi connectivity index (χ2n) is 19.7. The summed E-state index contributed by atoms with van der Waals surface area (Å²) in [6.45, 7) is 0. The fourth-order valence-corrected chi connectivity index (χ4v) is 10.5. The number of benzene rings is 9. The van der Waals surface area contributed by atoms with E-state index >= 15 is 26.3 Å². The summed E-state index contributed by atoms with van der Waals surface area (Å²) in [6.07, 6.45) is -21.0. The smallest absolute Gasteiger partial charge is 0.308 e. The van der Waals surface area contributed by atoms with Crippen molar-refractivity contribution in [3.63, 3.8) is 0 Å². The molecule has 9 aromatic carbocycles. The minimum atomic E-state index is -5.34. The monoisotopic (exact) mass is 1150 g/mol. The molecule has 0 saturated heterocycles. The lowest BCUT2D eigenvalue weighted by atomic mass is 9.95. The molecule has 0 amide bonds. The van der Waals surface area contributed by atoms with Gasteiger partial charge in [0.2, 0.25) is 0 Å². The fraction of sp³-hybridized carbons (Fsp3) is 0.0597. The Balaban J connectivity index is 1.28. The highest BCUT2D eigenvalue weighted by Gasteiger charge is 2.40. The van der Waals surface area contributed by atoms with E-state index in [4.69, 9.17) is 19.9 Å². The number of hydrogen-bond acceptors (Lipinski definition) is 5. The zero-order valence-electron chi connectivity index (χ0n) is 43.5. The predicted octanol–water partition coefficient (Wildman–Crippen LogP) is 19.6. The van der Waals surface area contributed by atoms with Crippen LogP contribution in [-0.4, -0.2) is 24.5 Å². The molecule has 3 heterocycles. The summed E-state index contributed by atoms with van der Waals surface area (Å²) >= 11 is 0. The molecule has 0 N–H and O–H groups in total. The molecular weight excluding hydrogens is 1120 g/mol. The van der Waals surface area contributed by atoms with Crippen molar-refractivity contribution in [2.75, 3.05) is 0 Å². The average molecular weight is 1150 g/mol. The summed E-state index contributed by atoms with van der Waals surface area (Å²) in [5.41, 5.74) is -4.14. The number of nitriles is 1. The summed E-state index contributed by atoms with van der Waals surface area (Å²) in [7, 11) is 0. The maximum Gasteiger partial charge on any atom is 0.417 e. The number of aromatic nitrogens is 5. The average Bonchev–Trinajstić information content (AvgIpc) is 1.72. The Morgan fingerprint density at radius 2 is 0.647 bits per heavy atom. The highest BCUT2D eigenvalue weighted by molar-refractivity contribution is 6.12. The highest BCUT2D eigenvalue weighted by Crippen LogP contribution is 2.48. The molecule has 0 radical (unpaired) electrons. The van der Waals surface area contributed by atoms with Gasteiger partial charge >= 0.3 is 24.7 Å². The molecule has 0 aliphatic carbocycles. The number of alkyl halides is 12. The SMILES string of the molecule is N#Cc1cc(-c2nc(-c3ccccc3)cc(-c3ccccc3)n2)c(-n2c3cc(-c4ccc(C(F)(F)F)cc4C(F)(F)F)ccc3c3ccc(-c4ccc(C(F)(F)F)cc4C(F)(F)F)cc32)c(-c2nc(-c3ccccc3)cc(-c3ccccc3)n2)c1. The number of halogens is 12. The molecule has 0 saturated carbocycles. The van der Waals surface area contributed by atoms with Crippen molar-refractivity contribution in [3.05, 3.63) is 246 Å². The van der Waals surface area contributed by atoms with Crippen LogP contribution in [0, 0.1) is 11.3 Å². The Bertz CT molecular complexity index is 4190. The van der Waals surface area contributed by atoms with Gasteiger partial charge in [-0.1, -0.05) is 158 Å². The largest absolute Gasteiger partial charge is 0.417 e. The Kier molecular flexibility index (Phi) is 13.7. The van der Waals surface area contributed by atoms with E-state index in [-0.39, 0.29) is 79.1 Å². The van der Waals surface area contributed by atoms with E-state index in [1.165, 1.54) is 53.1 Å². The summed E-state index contributed by atoms with van der Waals surface area (Å²) < 4.78 is 177. The zero-order chi connectivity index (χ0) is 59.6. The maximum atomic E-state index is 15.1. The van der Waals surface area contributed by atoms with Gasteiger partial charge in [-0.2, -0.15) is 57.9 Å². The van der Waals surface area contributed by atoms with E-state index in [1.54, 1.807) is 133 Å². The molecular formula is C67H36F12N6. The van der Waals surface area contributed by atoms with Crippen molar-refractivity contribution in [3.8, 4) is 102 Å². The molecule has 85 heavy (non-hydrogen) atoms. The van der Waals surface area contributed by atoms with Gasteiger partial charge in [0.05, 0.1) is 73.4 Å². The van der Waals surface area contributed by atoms with Gasteiger partial charge in [-0.3, -0.25) is 0 Å². The zero-order valence-corrected chi connectivity index (χ0v) is 43.5. The molecule has 12 rings (SSSR count). The van der Waals surface area contributed by atoms with E-state index in [9.17, 15) is 31.6 Å². The lowest BCUT2D eigenvalue weighted by Crippen LogP contribution is -2.12. The quantitative estimate of drug-likeness (QED) is 0.135. The van der Waals surface area contributed by atoms with Crippen LogP contribution in [0.1, 0.15) is 27.8 Å². The second-order valence-corrected chi connectivity index (χ2v) is 19.7. The molecule has 0 atom stereocenters. The third-order valence-corrected chi connectivity index (χ3v) is 14.4. The van der Waals surface area contributed by atoms with Gasteiger partial charge < -0.3 is 4.57 Å². The molecule has 6 nitrogen and oxygen atoms in total. The summed E-state index contributed by atoms with van der Waals surface area (Å²) in [6, 6.07) is 54.8. The van der Waals surface area contributed by atoms with Crippen molar-refractivity contribution in [1.29, 1.82) is 5.26 Å². The van der Waals surface area contributed by atoms with Gasteiger partial charge in [0.15, 0.2) is 11.6 Å². The lowest BCUT2D eigenvalue weighted by Gasteiger charge is -2.21. The van der Waals surface area contributed by atoms with Crippen molar-refractivity contribution < 1.29 is 52.7 Å². The first-order valence-electron chi connectivity index (χ1n) is 25.9. The Morgan fingerprint density at radius 3 is 0.941 bits per heavy atom. The Morgan fingerprint density at radius 1 is 0.318 bits per heavy atom. The fourth-order valence-electron chi connectivity index (χ4n) is 10.5. The van der Waals surface area contributed by atoms with Crippen LogP contribution in [0.5, 0.6) is 0 Å². The van der Waals surface area contributed by atoms with E-state index in [1.807, 2.05) is 0 Å². The van der Waals surface area contributed by atoms with Crippen LogP contribution in [-0.2, 0) is 24.7 Å². The molecule has 0 fully saturated rings. The number of hydrogen-bond donors (Lipinski definition) is 0. The minimum Gasteiger partial charge on any atom is -0.308 e. The van der Waals surface area contributed by atoms with Gasteiger partial charge in [0.1, 0.15) is 0 Å². The number of rotatable bonds is 9. The van der Waals surface area contributed by atoms with Crippen molar-refractivity contribution in [1.82, 2.24) is 24.5 Å². The van der Waals surface area contributed by atoms with E-state index in [0.29, 0.717) is 69.3 Å². The topological polar surface area (TPSA) is 80.3 Å². The third kappa shape index (κ3) is 10.7. The van der Waals surface area contributed by atoms with Crippen LogP contribution in [0.2, 0.25) is 0 Å². The van der Waals surface area contributed by atoms with Crippen LogP contribution in [0.3, 0.4) is 0 Å². The molecule has 0 aliphatic heterocycles. The molecule has 0 aliphatic rings. The standard InChI is InChI=1S/C67H36F12N6/c68-64(69,70)45-23-27-47(53(33-45)66(74,75)76)43-21-25-49-50-26-22-44(48-28-24-46(65(71,72)73)34-54(48)67(77,78)79)32-60(50)85(59(49)31-43)61-51(62-81-55(39-13-5-1-6-14-39)35-56(82-62)40-15-7-2-8-16-40)29-38(37-80)30-52(61)63-83-57(41-17-9-3-10-18-41)36-58(84-63)42-19-11-4-12-20-42/h1-36H. The molecule has 418 valence electrons. The van der Waals surface area contributed by atoms with E-state index < -0.39 is 58.1 Å². The third-order valence-electron chi connectivity index (χ3n) is 14.4. The van der Waals surface area contributed by atoms with E-state index in [0.717, 1.165) is 0 Å². The summed E-state index contributed by atoms with van der Waals surface area (Å²) in [5, 5.41) is 11.5. The number of fused-ring (bicyclic) bond motifs is 3. The van der Waals surface area contributed by atoms with Crippen molar-refractivity contribution in [2.45, 2.75) is 24.7 Å². The Labute approximate surface area is 475 Å². The molecule has 0 unspecified atom stereocenters. The van der Waals surface area contributed by atoms with Crippen LogP contribution in [0.25, 0.3) is 118 Å². The number of nitrogens with zero attached hydrogens (tertiary/aromatic N) is 6. The van der Waals surface area contributed by atoms with Gasteiger partial charge in [-0.25, -0.2) is 19.9 Å². The first-order valence-corrected chi connectivity index (χ1v) is 25.9.